The van der Waals surface area contributed by atoms with E-state index in [2.05, 4.69) is 15.3 Å². The summed E-state index contributed by atoms with van der Waals surface area (Å²) in [6, 6.07) is 7.64. The van der Waals surface area contributed by atoms with Gasteiger partial charge in [-0.15, -0.1) is 0 Å². The van der Waals surface area contributed by atoms with Crippen LogP contribution in [0.5, 0.6) is 5.75 Å². The summed E-state index contributed by atoms with van der Waals surface area (Å²) in [6.45, 7) is 6.14. The molecule has 0 radical (unpaired) electrons. The second kappa shape index (κ2) is 8.52. The lowest BCUT2D eigenvalue weighted by molar-refractivity contribution is 0.0938. The lowest BCUT2D eigenvalue weighted by atomic mass is 10.2. The largest absolute Gasteiger partial charge is 0.491 e. The van der Waals surface area contributed by atoms with E-state index in [4.69, 9.17) is 4.74 Å². The molecule has 0 spiro atoms. The first-order valence-electron chi connectivity index (χ1n) is 9.63. The smallest absolute Gasteiger partial charge is 0.329 e. The number of anilines is 1. The number of hydrogen-bond acceptors (Lipinski definition) is 6. The number of nitrogens with zero attached hydrogens (tertiary/aromatic N) is 3. The van der Waals surface area contributed by atoms with Crippen molar-refractivity contribution in [1.82, 2.24) is 19.1 Å². The summed E-state index contributed by atoms with van der Waals surface area (Å²) in [6.07, 6.45) is -0.0415. The van der Waals surface area contributed by atoms with Gasteiger partial charge in [-0.3, -0.25) is 14.3 Å². The highest BCUT2D eigenvalue weighted by molar-refractivity contribution is 5.74. The van der Waals surface area contributed by atoms with Gasteiger partial charge in [-0.1, -0.05) is 24.6 Å². The van der Waals surface area contributed by atoms with Gasteiger partial charge in [0.2, 0.25) is 5.95 Å². The van der Waals surface area contributed by atoms with Gasteiger partial charge in [0.1, 0.15) is 18.5 Å². The predicted octanol–water partition coefficient (Wildman–Crippen LogP) is 1.38. The molecule has 0 aliphatic heterocycles. The van der Waals surface area contributed by atoms with E-state index >= 15 is 0 Å². The lowest BCUT2D eigenvalue weighted by Gasteiger charge is -2.17. The number of hydrogen-bond donors (Lipinski definition) is 3. The number of imidazole rings is 1. The second-order valence-corrected chi connectivity index (χ2v) is 7.27. The van der Waals surface area contributed by atoms with Crippen molar-refractivity contribution in [1.29, 1.82) is 0 Å². The Hall–Kier alpha value is -3.07. The van der Waals surface area contributed by atoms with Crippen molar-refractivity contribution in [2.75, 3.05) is 11.9 Å². The van der Waals surface area contributed by atoms with Gasteiger partial charge in [0, 0.05) is 13.1 Å². The van der Waals surface area contributed by atoms with E-state index in [0.29, 0.717) is 11.7 Å². The highest BCUT2D eigenvalue weighted by atomic mass is 16.5. The number of nitrogens with one attached hydrogen (secondary N) is 2. The van der Waals surface area contributed by atoms with E-state index in [0.717, 1.165) is 12.0 Å². The minimum atomic E-state index is -0.886. The summed E-state index contributed by atoms with van der Waals surface area (Å²) < 4.78 is 8.54. The van der Waals surface area contributed by atoms with Crippen LogP contribution in [0.4, 0.5) is 5.95 Å². The third-order valence-corrected chi connectivity index (χ3v) is 4.85. The van der Waals surface area contributed by atoms with Gasteiger partial charge in [0.15, 0.2) is 11.2 Å². The average molecular weight is 401 g/mol. The molecule has 3 aromatic rings. The van der Waals surface area contributed by atoms with Crippen molar-refractivity contribution in [3.63, 3.8) is 0 Å². The van der Waals surface area contributed by atoms with Crippen molar-refractivity contribution in [3.05, 3.63) is 50.7 Å². The number of rotatable bonds is 8. The molecule has 0 aliphatic rings. The van der Waals surface area contributed by atoms with Crippen molar-refractivity contribution >= 4 is 17.1 Å². The summed E-state index contributed by atoms with van der Waals surface area (Å²) in [5.41, 5.74) is 0.529. The van der Waals surface area contributed by atoms with Crippen LogP contribution in [0.25, 0.3) is 11.2 Å². The molecule has 2 heterocycles. The molecule has 0 saturated heterocycles. The number of H-pyrrole nitrogens is 1. The summed E-state index contributed by atoms with van der Waals surface area (Å²) in [4.78, 5) is 31.1. The van der Waals surface area contributed by atoms with Crippen LogP contribution in [0.1, 0.15) is 25.8 Å². The summed E-state index contributed by atoms with van der Waals surface area (Å²) in [7, 11) is 1.54. The molecule has 0 bridgehead atoms. The topological polar surface area (TPSA) is 114 Å². The molecule has 0 unspecified atom stereocenters. The number of aliphatic hydroxyl groups is 1. The highest BCUT2D eigenvalue weighted by Gasteiger charge is 2.20. The van der Waals surface area contributed by atoms with Crippen LogP contribution in [0.2, 0.25) is 0 Å². The maximum absolute atomic E-state index is 12.5. The molecule has 3 N–H and O–H groups in total. The molecule has 9 heteroatoms. The molecular formula is C20H27N5O4. The first-order valence-corrected chi connectivity index (χ1v) is 9.63. The molecule has 29 heavy (non-hydrogen) atoms. The van der Waals surface area contributed by atoms with E-state index in [1.54, 1.807) is 11.6 Å². The van der Waals surface area contributed by atoms with Gasteiger partial charge in [-0.05, 0) is 32.4 Å². The molecule has 1 aromatic carbocycles. The minimum absolute atomic E-state index is 0.0508. The lowest BCUT2D eigenvalue weighted by Crippen LogP contribution is -2.31. The monoisotopic (exact) mass is 401 g/mol. The van der Waals surface area contributed by atoms with Gasteiger partial charge >= 0.3 is 5.69 Å². The standard InChI is InChI=1S/C20H27N5O4/c1-5-13(3)21-19-22-17-16(18(27)23-20(28)24(17)4)25(19)10-14(26)11-29-15-8-6-12(2)7-9-15/h6-9,13-14,26H,5,10-11H2,1-4H3,(H,21,22)(H,23,27,28)/t13-,14-/m0/s1. The van der Waals surface area contributed by atoms with Crippen LogP contribution in [0.3, 0.4) is 0 Å². The fraction of sp³-hybridized carbons (Fsp3) is 0.450. The molecule has 0 amide bonds. The van der Waals surface area contributed by atoms with Crippen molar-refractivity contribution in [3.8, 4) is 5.75 Å². The number of aromatic nitrogens is 4. The first-order chi connectivity index (χ1) is 13.8. The molecule has 0 aliphatic carbocycles. The van der Waals surface area contributed by atoms with Crippen molar-refractivity contribution < 1.29 is 9.84 Å². The van der Waals surface area contributed by atoms with Gasteiger partial charge in [-0.25, -0.2) is 4.79 Å². The Morgan fingerprint density at radius 1 is 1.28 bits per heavy atom. The van der Waals surface area contributed by atoms with Crippen molar-refractivity contribution in [2.24, 2.45) is 7.05 Å². The zero-order valence-corrected chi connectivity index (χ0v) is 17.1. The minimum Gasteiger partial charge on any atom is -0.491 e. The number of aromatic amines is 1. The number of benzene rings is 1. The van der Waals surface area contributed by atoms with Gasteiger partial charge in [0.05, 0.1) is 6.54 Å². The first kappa shape index (κ1) is 20.7. The molecule has 3 rings (SSSR count). The quantitative estimate of drug-likeness (QED) is 0.525. The van der Waals surface area contributed by atoms with E-state index in [1.807, 2.05) is 45.0 Å². The third kappa shape index (κ3) is 4.51. The van der Waals surface area contributed by atoms with Crippen LogP contribution in [0.15, 0.2) is 33.9 Å². The van der Waals surface area contributed by atoms with Gasteiger partial charge in [-0.2, -0.15) is 4.98 Å². The van der Waals surface area contributed by atoms with Crippen LogP contribution in [0, 0.1) is 6.92 Å². The molecule has 2 aromatic heterocycles. The molecule has 0 saturated carbocycles. The Bertz CT molecular complexity index is 1100. The van der Waals surface area contributed by atoms with E-state index < -0.39 is 17.4 Å². The summed E-state index contributed by atoms with van der Waals surface area (Å²) >= 11 is 0. The Morgan fingerprint density at radius 2 is 1.97 bits per heavy atom. The van der Waals surface area contributed by atoms with E-state index in [-0.39, 0.29) is 30.4 Å². The van der Waals surface area contributed by atoms with E-state index in [9.17, 15) is 14.7 Å². The SMILES string of the molecule is CC[C@H](C)Nc1nc2c(c(=O)[nH]c(=O)n2C)n1C[C@H](O)COc1ccc(C)cc1. The maximum atomic E-state index is 12.5. The fourth-order valence-corrected chi connectivity index (χ4v) is 2.94. The average Bonchev–Trinajstić information content (AvgIpc) is 3.04. The zero-order chi connectivity index (χ0) is 21.1. The third-order valence-electron chi connectivity index (χ3n) is 4.85. The Kier molecular flexibility index (Phi) is 6.07. The summed E-state index contributed by atoms with van der Waals surface area (Å²) in [5.74, 6) is 1.08. The Balaban J connectivity index is 1.90. The van der Waals surface area contributed by atoms with Crippen LogP contribution >= 0.6 is 0 Å². The zero-order valence-electron chi connectivity index (χ0n) is 17.1. The molecular weight excluding hydrogens is 374 g/mol. The molecule has 2 atom stereocenters. The predicted molar refractivity (Wildman–Crippen MR) is 112 cm³/mol. The highest BCUT2D eigenvalue weighted by Crippen LogP contribution is 2.18. The maximum Gasteiger partial charge on any atom is 0.329 e. The molecule has 0 fully saturated rings. The Labute approximate surface area is 168 Å². The number of fused-ring (bicyclic) bond motifs is 1. The van der Waals surface area contributed by atoms with Crippen molar-refractivity contribution in [2.45, 2.75) is 45.9 Å². The number of aryl methyl sites for hydroxylation is 2. The second-order valence-electron chi connectivity index (χ2n) is 7.27. The van der Waals surface area contributed by atoms with Crippen LogP contribution < -0.4 is 21.3 Å². The fourth-order valence-electron chi connectivity index (χ4n) is 2.94. The number of aliphatic hydroxyl groups excluding tert-OH is 1. The van der Waals surface area contributed by atoms with E-state index in [1.165, 1.54) is 4.57 Å². The molecule has 156 valence electrons. The van der Waals surface area contributed by atoms with Crippen LogP contribution in [-0.4, -0.2) is 43.0 Å². The normalized spacial score (nSPS) is 13.4. The molecule has 9 nitrogen and oxygen atoms in total. The van der Waals surface area contributed by atoms with Gasteiger partial charge < -0.3 is 19.7 Å². The Morgan fingerprint density at radius 3 is 2.62 bits per heavy atom. The van der Waals surface area contributed by atoms with Gasteiger partial charge in [0.25, 0.3) is 5.56 Å². The summed E-state index contributed by atoms with van der Waals surface area (Å²) in [5, 5.41) is 13.8. The number of ether oxygens (including phenoxy) is 1. The van der Waals surface area contributed by atoms with Crippen LogP contribution in [-0.2, 0) is 13.6 Å².